The first kappa shape index (κ1) is 88.3. The minimum Gasteiger partial charge on any atom is -0.359 e. The first-order valence-electron chi connectivity index (χ1n) is 39.3. The molecule has 595 valence electrons. The van der Waals surface area contributed by atoms with Gasteiger partial charge in [0, 0.05) is 121 Å². The van der Waals surface area contributed by atoms with Gasteiger partial charge in [-0.15, -0.1) is 184 Å². The van der Waals surface area contributed by atoms with Crippen molar-refractivity contribution in [2.24, 2.45) is 0 Å². The van der Waals surface area contributed by atoms with Crippen molar-refractivity contribution in [3.8, 4) is 84.4 Å². The van der Waals surface area contributed by atoms with Crippen LogP contribution in [0.2, 0.25) is 72.0 Å². The van der Waals surface area contributed by atoms with E-state index in [-0.39, 0.29) is 60.3 Å². The van der Waals surface area contributed by atoms with Crippen molar-refractivity contribution in [2.75, 3.05) is 0 Å². The number of hydrogen-bond donors (Lipinski definition) is 0. The number of aromatic nitrogens is 8. The summed E-state index contributed by atoms with van der Waals surface area (Å²) < 4.78 is 4.71. The van der Waals surface area contributed by atoms with E-state index < -0.39 is 32.3 Å². The molecule has 18 aromatic rings. The van der Waals surface area contributed by atoms with E-state index in [4.69, 9.17) is 15.0 Å². The number of aryl methyl sites for hydroxylation is 1. The van der Waals surface area contributed by atoms with E-state index in [0.29, 0.717) is 0 Å². The van der Waals surface area contributed by atoms with E-state index in [1.165, 1.54) is 80.7 Å². The molecule has 3 radical (unpaired) electrons. The second kappa shape index (κ2) is 39.8. The summed E-state index contributed by atoms with van der Waals surface area (Å²) in [5, 5.41) is 12.2. The summed E-state index contributed by atoms with van der Waals surface area (Å²) in [6.45, 7) is 29.2. The molecule has 10 aromatic carbocycles. The first-order chi connectivity index (χ1) is 55.7. The van der Waals surface area contributed by atoms with E-state index in [0.717, 1.165) is 79.8 Å². The van der Waals surface area contributed by atoms with Gasteiger partial charge < -0.3 is 39.0 Å². The molecule has 0 amide bonds. The van der Waals surface area contributed by atoms with Gasteiger partial charge in [-0.3, -0.25) is 0 Å². The normalized spacial score (nSPS) is 11.6. The molecule has 0 bridgehead atoms. The first-order valence-corrected chi connectivity index (χ1v) is 52.8. The van der Waals surface area contributed by atoms with Gasteiger partial charge in [0.15, 0.2) is 0 Å². The molecule has 8 nitrogen and oxygen atoms in total. The quantitative estimate of drug-likeness (QED) is 0.0947. The molecule has 0 spiro atoms. The number of hydrogen-bond acceptors (Lipinski definition) is 6. The summed E-state index contributed by atoms with van der Waals surface area (Å²) in [4.78, 5) is 26.9. The zero-order chi connectivity index (χ0) is 80.1. The van der Waals surface area contributed by atoms with Crippen LogP contribution in [0.1, 0.15) is 6.92 Å². The van der Waals surface area contributed by atoms with Crippen molar-refractivity contribution in [3.63, 3.8) is 0 Å². The molecule has 0 fully saturated rings. The van der Waals surface area contributed by atoms with Gasteiger partial charge in [-0.2, -0.15) is 0 Å². The van der Waals surface area contributed by atoms with Crippen LogP contribution in [-0.4, -0.2) is 71.3 Å². The molecule has 0 unspecified atom stereocenters. The maximum atomic E-state index is 4.77. The van der Waals surface area contributed by atoms with Crippen molar-refractivity contribution in [2.45, 2.75) is 85.5 Å². The predicted molar refractivity (Wildman–Crippen MR) is 495 cm³/mol. The van der Waals surface area contributed by atoms with Crippen LogP contribution in [0.25, 0.3) is 128 Å². The van der Waals surface area contributed by atoms with Crippen molar-refractivity contribution in [3.05, 3.63) is 377 Å². The van der Waals surface area contributed by atoms with Gasteiger partial charge in [-0.05, 0) is 121 Å². The summed E-state index contributed by atoms with van der Waals surface area (Å²) >= 11 is 0. The summed E-state index contributed by atoms with van der Waals surface area (Å²) in [5.74, 6) is 0. The predicted octanol–water partition coefficient (Wildman–Crippen LogP) is 22.9. The Hall–Kier alpha value is -10.5. The van der Waals surface area contributed by atoms with Crippen LogP contribution in [0.15, 0.2) is 340 Å². The van der Waals surface area contributed by atoms with Crippen LogP contribution in [0.5, 0.6) is 0 Å². The number of rotatable bonds is 11. The molecule has 0 N–H and O–H groups in total. The maximum absolute atomic E-state index is 4.77. The third kappa shape index (κ3) is 20.8. The number of pyridine rings is 6. The van der Waals surface area contributed by atoms with Gasteiger partial charge in [0.1, 0.15) is 0 Å². The standard InChI is InChI=1S/C26H23N2Si.C22H23N2Si.C22H24NSi2.3C11H8N.3Ir/c1-29(2,3)21-14-16-24(27-18-21)19-13-15-23-22-11-7-8-12-25(22)28(26(23)17-19)20-9-5-4-6-10-20;1-5-24-21-9-7-6-8-18(21)19-12-10-16(14-22(19)24)20-13-11-17(15-23-20)25(2,3)4;1-24(2,3)17-11-13-20(23-15-17)16-10-12-19-18-8-6-7-9-21(18)25(4,5)22(19)14-16;3*1-2-6-10(7-3-1)11-8-4-5-9-12-11;;;/h4-12,14-18H,1-3H3;6-9,11-15H,5H2,1-4H3;6-9,11-15H,1-5H3;3*1-6,8-9H;;;/q6*-1;;;. The third-order valence-corrected chi connectivity index (χ3v) is 30.4. The summed E-state index contributed by atoms with van der Waals surface area (Å²) in [5.41, 5.74) is 21.1. The van der Waals surface area contributed by atoms with Gasteiger partial charge in [-0.25, -0.2) is 0 Å². The maximum Gasteiger partial charge on any atom is 0.0932 e. The largest absolute Gasteiger partial charge is 0.359 e. The van der Waals surface area contributed by atoms with E-state index in [1.54, 1.807) is 18.6 Å². The molecule has 1 aliphatic heterocycles. The molecule has 15 heteroatoms. The van der Waals surface area contributed by atoms with Crippen molar-refractivity contribution >= 4 is 102 Å². The molecule has 0 saturated carbocycles. The second-order valence-corrected chi connectivity index (χ2v) is 51.7. The Morgan fingerprint density at radius 2 is 0.669 bits per heavy atom. The van der Waals surface area contributed by atoms with Crippen LogP contribution >= 0.6 is 0 Å². The Kier molecular flexibility index (Phi) is 29.8. The molecule has 8 aromatic heterocycles. The van der Waals surface area contributed by atoms with Crippen molar-refractivity contribution < 1.29 is 60.3 Å². The summed E-state index contributed by atoms with van der Waals surface area (Å²) in [6, 6.07) is 124. The molecule has 0 aliphatic carbocycles. The molecule has 1 aliphatic rings. The third-order valence-electron chi connectivity index (χ3n) is 20.8. The van der Waals surface area contributed by atoms with E-state index in [1.807, 2.05) is 134 Å². The van der Waals surface area contributed by atoms with Crippen LogP contribution in [-0.2, 0) is 66.9 Å². The second-order valence-electron chi connectivity index (χ2n) is 32.1. The Balaban J connectivity index is 0.000000143. The molecular formula is C103H94Ir3N8Si4-6. The SMILES string of the molecule is CCn1c2ccccc2c2c[c-]c(-c3ccc([Si](C)(C)C)cn3)cc21.C[Si](C)(C)c1ccc(-c2[c-]cc3c(c2)[Si](C)(C)c2ccccc2-3)nc1.C[Si](C)(C)c1ccc(-c2[c-]cc3c4ccccc4n(-c4ccccc4)c3c2)nc1.[Ir].[Ir].[Ir].[c-]1ccccc1-c1ccccn1.[c-]1ccccc1-c1ccccn1.[c-]1ccccc1-c1ccccn1. The minimum atomic E-state index is -1.63. The Bertz CT molecular complexity index is 5960. The fraction of sp³-hybridized carbons (Fsp3) is 0.126. The zero-order valence-corrected chi connectivity index (χ0v) is 79.8. The molecule has 0 saturated heterocycles. The van der Waals surface area contributed by atoms with Gasteiger partial charge in [0.25, 0.3) is 0 Å². The average molecular weight is 2130 g/mol. The average Bonchev–Trinajstić information content (AvgIpc) is 1.59. The molecule has 9 heterocycles. The minimum absolute atomic E-state index is 0. The van der Waals surface area contributed by atoms with Crippen LogP contribution in [0.3, 0.4) is 0 Å². The Labute approximate surface area is 741 Å². The van der Waals surface area contributed by atoms with Gasteiger partial charge in [0.2, 0.25) is 0 Å². The van der Waals surface area contributed by atoms with Crippen LogP contribution < -0.4 is 25.9 Å². The molecule has 118 heavy (non-hydrogen) atoms. The number of benzene rings is 10. The molecule has 19 rings (SSSR count). The van der Waals surface area contributed by atoms with Crippen LogP contribution in [0.4, 0.5) is 0 Å². The topological polar surface area (TPSA) is 87.2 Å². The van der Waals surface area contributed by atoms with Crippen molar-refractivity contribution in [1.82, 2.24) is 39.0 Å². The molecule has 0 atom stereocenters. The zero-order valence-electron chi connectivity index (χ0n) is 68.6. The van der Waals surface area contributed by atoms with Gasteiger partial charge in [0.05, 0.1) is 32.3 Å². The Morgan fingerprint density at radius 3 is 1.08 bits per heavy atom. The summed E-state index contributed by atoms with van der Waals surface area (Å²) in [7, 11) is -5.60. The van der Waals surface area contributed by atoms with E-state index >= 15 is 0 Å². The monoisotopic (exact) mass is 2130 g/mol. The van der Waals surface area contributed by atoms with Crippen LogP contribution in [0, 0.1) is 36.4 Å². The number of nitrogens with zero attached hydrogens (tertiary/aromatic N) is 8. The molecular weight excluding hydrogens is 2040 g/mol. The van der Waals surface area contributed by atoms with E-state index in [9.17, 15) is 0 Å². The fourth-order valence-corrected chi connectivity index (χ4v) is 20.6. The Morgan fingerprint density at radius 1 is 0.297 bits per heavy atom. The fourth-order valence-electron chi connectivity index (χ4n) is 14.4. The van der Waals surface area contributed by atoms with E-state index in [2.05, 4.69) is 328 Å². The smallest absolute Gasteiger partial charge is 0.0932 e. The number of fused-ring (bicyclic) bond motifs is 9. The number of para-hydroxylation sites is 3. The van der Waals surface area contributed by atoms with Gasteiger partial charge in [-0.1, -0.05) is 251 Å². The summed E-state index contributed by atoms with van der Waals surface area (Å²) in [6.07, 6.45) is 11.5. The van der Waals surface area contributed by atoms with Gasteiger partial charge >= 0.3 is 0 Å². The van der Waals surface area contributed by atoms with Crippen molar-refractivity contribution in [1.29, 1.82) is 0 Å².